The van der Waals surface area contributed by atoms with Crippen molar-refractivity contribution in [2.75, 3.05) is 38.7 Å². The topological polar surface area (TPSA) is 97.6 Å². The van der Waals surface area contributed by atoms with Gasteiger partial charge < -0.3 is 19.9 Å². The van der Waals surface area contributed by atoms with Crippen LogP contribution in [0.25, 0.3) is 10.9 Å². The second-order valence-corrected chi connectivity index (χ2v) is 10.2. The zero-order chi connectivity index (χ0) is 26.1. The van der Waals surface area contributed by atoms with Gasteiger partial charge in [0.1, 0.15) is 6.17 Å². The number of hydrogen-bond donors (Lipinski definition) is 2. The van der Waals surface area contributed by atoms with E-state index in [-0.39, 0.29) is 18.5 Å². The van der Waals surface area contributed by atoms with E-state index in [1.165, 1.54) is 0 Å². The Hall–Kier alpha value is -2.50. The minimum Gasteiger partial charge on any atom is -0.502 e. The Morgan fingerprint density at radius 1 is 1.32 bits per heavy atom. The number of hydrogen-bond acceptors (Lipinski definition) is 8. The molecule has 2 aliphatic heterocycles. The van der Waals surface area contributed by atoms with E-state index in [0.29, 0.717) is 72.2 Å². The molecule has 5 rings (SSSR count). The molecule has 2 aliphatic rings. The molecule has 2 aromatic heterocycles. The number of halogens is 3. The zero-order valence-corrected chi connectivity index (χ0v) is 21.9. The van der Waals surface area contributed by atoms with E-state index in [1.54, 1.807) is 30.3 Å². The molecule has 2 saturated heterocycles. The van der Waals surface area contributed by atoms with Crippen molar-refractivity contribution < 1.29 is 19.0 Å². The van der Waals surface area contributed by atoms with Crippen molar-refractivity contribution in [1.29, 1.82) is 0 Å². The van der Waals surface area contributed by atoms with Crippen LogP contribution in [0.5, 0.6) is 0 Å². The predicted octanol–water partition coefficient (Wildman–Crippen LogP) is 4.31. The van der Waals surface area contributed by atoms with E-state index < -0.39 is 12.3 Å². The number of allylic oxidation sites excluding steroid dienone is 1. The van der Waals surface area contributed by atoms with Gasteiger partial charge in [-0.15, -0.1) is 0 Å². The number of aliphatic hydroxyl groups is 1. The van der Waals surface area contributed by atoms with Crippen LogP contribution in [-0.4, -0.2) is 81.5 Å². The quantitative estimate of drug-likeness (QED) is 0.400. The fraction of sp³-hybridized carbons (Fsp3) is 0.480. The monoisotopic (exact) mass is 550 g/mol. The molecule has 2 fully saturated rings. The minimum absolute atomic E-state index is 0.164. The van der Waals surface area contributed by atoms with Gasteiger partial charge in [0.15, 0.2) is 5.15 Å². The summed E-state index contributed by atoms with van der Waals surface area (Å²) in [6.07, 6.45) is 2.72. The van der Waals surface area contributed by atoms with Crippen LogP contribution in [0.2, 0.25) is 10.2 Å². The molecule has 4 heterocycles. The Morgan fingerprint density at radius 2 is 2.16 bits per heavy atom. The third-order valence-electron chi connectivity index (χ3n) is 7.07. The molecule has 0 bridgehead atoms. The maximum absolute atomic E-state index is 15.4. The van der Waals surface area contributed by atoms with Gasteiger partial charge in [0.2, 0.25) is 5.95 Å². The van der Waals surface area contributed by atoms with Gasteiger partial charge in [-0.25, -0.2) is 14.4 Å². The number of ether oxygens (including phenoxy) is 2. The van der Waals surface area contributed by atoms with Crippen molar-refractivity contribution in [2.45, 2.75) is 43.6 Å². The van der Waals surface area contributed by atoms with Crippen molar-refractivity contribution in [1.82, 2.24) is 24.6 Å². The standard InChI is InChI=1S/C25H29Cl2FN6O3/c1-14(36-2)3-6-34-24(27)21(10-30-34)32-25-29-9-15-7-18(26)17(8-20(15)31-25)16-4-5-33(11-19(16)28)22-12-37-13-23(22)35/h7-10,16,19,22-23,35H,1,3-6,11-13H2,2H3,(H,29,31,32)/t16-,19+,22+,23-/m0/s1. The Kier molecular flexibility index (Phi) is 7.83. The minimum atomic E-state index is -1.13. The lowest BCUT2D eigenvalue weighted by Crippen LogP contribution is -2.50. The molecule has 1 aromatic carbocycles. The Balaban J connectivity index is 1.32. The Labute approximate surface area is 224 Å². The number of aryl methyl sites for hydroxylation is 1. The number of aromatic nitrogens is 4. The lowest BCUT2D eigenvalue weighted by atomic mass is 9.86. The molecule has 198 valence electrons. The van der Waals surface area contributed by atoms with E-state index in [1.807, 2.05) is 11.0 Å². The SMILES string of the molecule is C=C(CCn1ncc(Nc2ncc3cc(Cl)c([C@@H]4CCN([C@@H]5COC[C@@H]5O)C[C@H]4F)cc3n2)c1Cl)OC. The summed E-state index contributed by atoms with van der Waals surface area (Å²) in [5, 5.41) is 19.2. The molecule has 0 aliphatic carbocycles. The fourth-order valence-corrected chi connectivity index (χ4v) is 5.47. The van der Waals surface area contributed by atoms with Crippen LogP contribution in [0.4, 0.5) is 16.0 Å². The van der Waals surface area contributed by atoms with Gasteiger partial charge >= 0.3 is 0 Å². The molecule has 2 N–H and O–H groups in total. The predicted molar refractivity (Wildman–Crippen MR) is 140 cm³/mol. The van der Waals surface area contributed by atoms with Crippen molar-refractivity contribution in [3.8, 4) is 0 Å². The highest BCUT2D eigenvalue weighted by Gasteiger charge is 2.39. The number of nitrogens with zero attached hydrogens (tertiary/aromatic N) is 5. The largest absolute Gasteiger partial charge is 0.502 e. The van der Waals surface area contributed by atoms with Crippen molar-refractivity contribution in [3.05, 3.63) is 52.6 Å². The molecule has 0 spiro atoms. The summed E-state index contributed by atoms with van der Waals surface area (Å²) in [6.45, 7) is 5.92. The number of piperidine rings is 1. The molecule has 3 aromatic rings. The number of aliphatic hydroxyl groups excluding tert-OH is 1. The molecule has 0 saturated carbocycles. The summed E-state index contributed by atoms with van der Waals surface area (Å²) >= 11 is 13.1. The average Bonchev–Trinajstić information content (AvgIpc) is 3.47. The lowest BCUT2D eigenvalue weighted by molar-refractivity contribution is 0.0353. The van der Waals surface area contributed by atoms with Gasteiger partial charge in [-0.1, -0.05) is 29.8 Å². The molecular formula is C25H29Cl2FN6O3. The number of nitrogens with one attached hydrogen (secondary N) is 1. The van der Waals surface area contributed by atoms with Gasteiger partial charge in [0, 0.05) is 42.0 Å². The molecule has 9 nitrogen and oxygen atoms in total. The van der Waals surface area contributed by atoms with E-state index in [4.69, 9.17) is 32.7 Å². The molecule has 37 heavy (non-hydrogen) atoms. The maximum Gasteiger partial charge on any atom is 0.227 e. The van der Waals surface area contributed by atoms with Gasteiger partial charge in [-0.3, -0.25) is 9.58 Å². The summed E-state index contributed by atoms with van der Waals surface area (Å²) in [4.78, 5) is 11.0. The normalized spacial score (nSPS) is 24.5. The van der Waals surface area contributed by atoms with Crippen LogP contribution in [0, 0.1) is 0 Å². The average molecular weight is 551 g/mol. The Morgan fingerprint density at radius 3 is 2.89 bits per heavy atom. The van der Waals surface area contributed by atoms with Gasteiger partial charge in [0.05, 0.1) is 55.6 Å². The number of rotatable bonds is 8. The van der Waals surface area contributed by atoms with E-state index in [2.05, 4.69) is 27.0 Å². The van der Waals surface area contributed by atoms with Crippen LogP contribution >= 0.6 is 23.2 Å². The van der Waals surface area contributed by atoms with Gasteiger partial charge in [-0.05, 0) is 30.7 Å². The van der Waals surface area contributed by atoms with Crippen LogP contribution in [0.1, 0.15) is 24.3 Å². The van der Waals surface area contributed by atoms with E-state index >= 15 is 4.39 Å². The first-order valence-corrected chi connectivity index (χ1v) is 12.9. The fourth-order valence-electron chi connectivity index (χ4n) is 4.94. The van der Waals surface area contributed by atoms with Crippen LogP contribution in [0.15, 0.2) is 36.9 Å². The number of benzene rings is 1. The van der Waals surface area contributed by atoms with E-state index in [9.17, 15) is 5.11 Å². The molecular weight excluding hydrogens is 522 g/mol. The highest BCUT2D eigenvalue weighted by atomic mass is 35.5. The summed E-state index contributed by atoms with van der Waals surface area (Å²) in [5.74, 6) is 0.610. The lowest BCUT2D eigenvalue weighted by Gasteiger charge is -2.39. The number of methoxy groups -OCH3 is 1. The van der Waals surface area contributed by atoms with Crippen molar-refractivity contribution in [2.24, 2.45) is 0 Å². The number of likely N-dealkylation sites (tertiary alicyclic amines) is 1. The molecule has 0 radical (unpaired) electrons. The first kappa shape index (κ1) is 26.1. The molecule has 4 atom stereocenters. The van der Waals surface area contributed by atoms with Crippen molar-refractivity contribution >= 4 is 45.7 Å². The van der Waals surface area contributed by atoms with E-state index in [0.717, 1.165) is 10.9 Å². The maximum atomic E-state index is 15.4. The smallest absolute Gasteiger partial charge is 0.227 e. The molecule has 0 amide bonds. The third kappa shape index (κ3) is 5.53. The number of anilines is 2. The van der Waals surface area contributed by atoms with Crippen LogP contribution in [0.3, 0.4) is 0 Å². The molecule has 0 unspecified atom stereocenters. The first-order chi connectivity index (χ1) is 17.8. The van der Waals surface area contributed by atoms with Crippen LogP contribution in [-0.2, 0) is 16.0 Å². The number of alkyl halides is 1. The van der Waals surface area contributed by atoms with Crippen LogP contribution < -0.4 is 5.32 Å². The second-order valence-electron chi connectivity index (χ2n) is 9.39. The molecule has 12 heteroatoms. The summed E-state index contributed by atoms with van der Waals surface area (Å²) < 4.78 is 27.5. The summed E-state index contributed by atoms with van der Waals surface area (Å²) in [6, 6.07) is 3.45. The summed E-state index contributed by atoms with van der Waals surface area (Å²) in [5.41, 5.74) is 1.93. The summed E-state index contributed by atoms with van der Waals surface area (Å²) in [7, 11) is 1.57. The highest BCUT2D eigenvalue weighted by Crippen LogP contribution is 2.38. The zero-order valence-electron chi connectivity index (χ0n) is 20.4. The number of fused-ring (bicyclic) bond motifs is 1. The van der Waals surface area contributed by atoms with Crippen molar-refractivity contribution in [3.63, 3.8) is 0 Å². The highest BCUT2D eigenvalue weighted by molar-refractivity contribution is 6.32. The Bertz CT molecular complexity index is 1290. The third-order valence-corrected chi connectivity index (χ3v) is 7.80. The van der Waals surface area contributed by atoms with Gasteiger partial charge in [0.25, 0.3) is 0 Å². The second kappa shape index (κ2) is 11.1. The van der Waals surface area contributed by atoms with Gasteiger partial charge in [-0.2, -0.15) is 5.10 Å². The first-order valence-electron chi connectivity index (χ1n) is 12.1.